The lowest BCUT2D eigenvalue weighted by molar-refractivity contribution is 0.412. The molecule has 0 saturated heterocycles. The van der Waals surface area contributed by atoms with E-state index < -0.39 is 47.2 Å². The van der Waals surface area contributed by atoms with E-state index in [4.69, 9.17) is 16.3 Å². The van der Waals surface area contributed by atoms with Crippen LogP contribution >= 0.6 is 11.6 Å². The van der Waals surface area contributed by atoms with Crippen molar-refractivity contribution in [3.8, 4) is 11.5 Å². The molecule has 5 rings (SSSR count). The molecule has 1 aromatic heterocycles. The van der Waals surface area contributed by atoms with E-state index in [0.717, 1.165) is 29.4 Å². The van der Waals surface area contributed by atoms with Crippen LogP contribution in [0.2, 0.25) is 5.28 Å². The first kappa shape index (κ1) is 32.5. The Morgan fingerprint density at radius 2 is 1.61 bits per heavy atom. The SMILES string of the molecule is COc1ccc(N=Nc2c(S(=O)(=O)O)cc3cc(Nc4nc(Cl)nc(N(C)c5ccccc5C)n4)ccc3c2O)c(S(=O)(=O)O)c1. The smallest absolute Gasteiger partial charge is 0.296 e. The Balaban J connectivity index is 1.54. The predicted molar refractivity (Wildman–Crippen MR) is 170 cm³/mol. The molecule has 0 radical (unpaired) electrons. The van der Waals surface area contributed by atoms with Crippen molar-refractivity contribution < 1.29 is 35.8 Å². The Kier molecular flexibility index (Phi) is 8.78. The van der Waals surface area contributed by atoms with Crippen molar-refractivity contribution in [2.24, 2.45) is 10.2 Å². The van der Waals surface area contributed by atoms with Gasteiger partial charge < -0.3 is 20.1 Å². The van der Waals surface area contributed by atoms with Crippen LogP contribution in [0.4, 0.5) is 34.6 Å². The number of hydrogen-bond acceptors (Lipinski definition) is 13. The predicted octanol–water partition coefficient (Wildman–Crippen LogP) is 6.12. The van der Waals surface area contributed by atoms with E-state index in [9.17, 15) is 31.0 Å². The number of para-hydroxylation sites is 1. The number of aromatic nitrogens is 3. The van der Waals surface area contributed by atoms with Crippen LogP contribution in [0.5, 0.6) is 11.5 Å². The molecule has 238 valence electrons. The molecule has 5 aromatic rings. The number of azo groups is 1. The quantitative estimate of drug-likeness (QED) is 0.102. The maximum absolute atomic E-state index is 12.4. The molecule has 0 unspecified atom stereocenters. The number of anilines is 4. The molecule has 0 aliphatic carbocycles. The van der Waals surface area contributed by atoms with Crippen LogP contribution in [-0.4, -0.2) is 60.2 Å². The molecule has 18 heteroatoms. The maximum atomic E-state index is 12.4. The first-order valence-corrected chi connectivity index (χ1v) is 16.2. The summed E-state index contributed by atoms with van der Waals surface area (Å²) in [6.07, 6.45) is 0. The number of fused-ring (bicyclic) bond motifs is 1. The highest BCUT2D eigenvalue weighted by Gasteiger charge is 2.23. The Labute approximate surface area is 267 Å². The molecular weight excluding hydrogens is 662 g/mol. The molecule has 0 aliphatic rings. The van der Waals surface area contributed by atoms with Crippen molar-refractivity contribution in [2.45, 2.75) is 16.7 Å². The summed E-state index contributed by atoms with van der Waals surface area (Å²) in [5.41, 5.74) is 1.09. The minimum atomic E-state index is -5.00. The van der Waals surface area contributed by atoms with Crippen LogP contribution < -0.4 is 15.0 Å². The monoisotopic (exact) mass is 685 g/mol. The summed E-state index contributed by atoms with van der Waals surface area (Å²) >= 11 is 6.19. The zero-order valence-corrected chi connectivity index (χ0v) is 26.5. The summed E-state index contributed by atoms with van der Waals surface area (Å²) in [6, 6.07) is 16.5. The molecule has 0 spiro atoms. The molecule has 0 saturated carbocycles. The average molecular weight is 686 g/mol. The van der Waals surface area contributed by atoms with Gasteiger partial charge in [-0.3, -0.25) is 9.11 Å². The number of rotatable bonds is 9. The van der Waals surface area contributed by atoms with Crippen molar-refractivity contribution in [1.29, 1.82) is 0 Å². The lowest BCUT2D eigenvalue weighted by Crippen LogP contribution is -2.15. The van der Waals surface area contributed by atoms with Gasteiger partial charge in [-0.15, -0.1) is 10.2 Å². The molecule has 4 aromatic carbocycles. The number of ether oxygens (including phenoxy) is 1. The number of methoxy groups -OCH3 is 1. The van der Waals surface area contributed by atoms with Gasteiger partial charge in [0.05, 0.1) is 7.11 Å². The Morgan fingerprint density at radius 1 is 0.891 bits per heavy atom. The molecular formula is C28H24ClN7O8S2. The Morgan fingerprint density at radius 3 is 2.28 bits per heavy atom. The Hall–Kier alpha value is -4.94. The minimum Gasteiger partial charge on any atom is -0.505 e. The molecule has 4 N–H and O–H groups in total. The lowest BCUT2D eigenvalue weighted by atomic mass is 10.1. The van der Waals surface area contributed by atoms with Gasteiger partial charge in [0.25, 0.3) is 20.2 Å². The number of phenols is 1. The lowest BCUT2D eigenvalue weighted by Gasteiger charge is -2.19. The third-order valence-electron chi connectivity index (χ3n) is 6.66. The third kappa shape index (κ3) is 6.82. The van der Waals surface area contributed by atoms with Gasteiger partial charge in [0.1, 0.15) is 26.9 Å². The summed E-state index contributed by atoms with van der Waals surface area (Å²) < 4.78 is 73.1. The second-order valence-corrected chi connectivity index (χ2v) is 12.8. The van der Waals surface area contributed by atoms with E-state index in [2.05, 4.69) is 30.5 Å². The summed E-state index contributed by atoms with van der Waals surface area (Å²) in [6.45, 7) is 1.93. The maximum Gasteiger partial charge on any atom is 0.296 e. The van der Waals surface area contributed by atoms with Crippen LogP contribution in [0.15, 0.2) is 86.7 Å². The first-order valence-electron chi connectivity index (χ1n) is 13.0. The number of benzene rings is 4. The molecule has 0 atom stereocenters. The van der Waals surface area contributed by atoms with Crippen LogP contribution in [0.3, 0.4) is 0 Å². The average Bonchev–Trinajstić information content (AvgIpc) is 2.99. The molecule has 0 aliphatic heterocycles. The van der Waals surface area contributed by atoms with Crippen molar-refractivity contribution in [3.05, 3.63) is 77.6 Å². The normalized spacial score (nSPS) is 12.0. The fourth-order valence-electron chi connectivity index (χ4n) is 4.46. The molecule has 0 amide bonds. The number of aromatic hydroxyl groups is 1. The fraction of sp³-hybridized carbons (Fsp3) is 0.107. The van der Waals surface area contributed by atoms with Crippen LogP contribution in [0.25, 0.3) is 10.8 Å². The van der Waals surface area contributed by atoms with Crippen LogP contribution in [0, 0.1) is 6.92 Å². The van der Waals surface area contributed by atoms with Gasteiger partial charge in [-0.25, -0.2) is 0 Å². The highest BCUT2D eigenvalue weighted by atomic mass is 35.5. The second-order valence-electron chi connectivity index (χ2n) is 9.69. The standard InChI is InChI=1S/C28H24ClN7O8S2/c1-15-6-4-5-7-21(15)36(2)28-32-26(29)31-27(33-28)30-17-8-10-19-16(12-17)13-23(46(41,42)43)24(25(19)37)35-34-20-11-9-18(44-3)14-22(20)45(38,39)40/h4-14,37H,1-3H3,(H,38,39,40)(H,41,42,43)(H,30,31,32,33). The van der Waals surface area contributed by atoms with Gasteiger partial charge in [0, 0.05) is 29.9 Å². The van der Waals surface area contributed by atoms with E-state index in [-0.39, 0.29) is 33.7 Å². The summed E-state index contributed by atoms with van der Waals surface area (Å²) in [4.78, 5) is 12.9. The van der Waals surface area contributed by atoms with Crippen molar-refractivity contribution in [3.63, 3.8) is 0 Å². The molecule has 46 heavy (non-hydrogen) atoms. The Bertz CT molecular complexity index is 2250. The van der Waals surface area contributed by atoms with Gasteiger partial charge in [0.2, 0.25) is 17.2 Å². The van der Waals surface area contributed by atoms with Gasteiger partial charge in [-0.1, -0.05) is 18.2 Å². The molecule has 0 fully saturated rings. The highest BCUT2D eigenvalue weighted by Crippen LogP contribution is 2.43. The van der Waals surface area contributed by atoms with Crippen LogP contribution in [-0.2, 0) is 20.2 Å². The summed E-state index contributed by atoms with van der Waals surface area (Å²) in [7, 11) is -6.77. The molecule has 1 heterocycles. The van der Waals surface area contributed by atoms with E-state index in [0.29, 0.717) is 5.69 Å². The topological polar surface area (TPSA) is 217 Å². The summed E-state index contributed by atoms with van der Waals surface area (Å²) in [5, 5.41) is 21.6. The summed E-state index contributed by atoms with van der Waals surface area (Å²) in [5.74, 6) is -0.300. The van der Waals surface area contributed by atoms with Crippen molar-refractivity contribution in [2.75, 3.05) is 24.4 Å². The molecule has 0 bridgehead atoms. The van der Waals surface area contributed by atoms with Gasteiger partial charge in [-0.2, -0.15) is 31.8 Å². The van der Waals surface area contributed by atoms with Gasteiger partial charge in [0.15, 0.2) is 5.75 Å². The number of hydrogen-bond donors (Lipinski definition) is 4. The second kappa shape index (κ2) is 12.5. The van der Waals surface area contributed by atoms with Crippen molar-refractivity contribution in [1.82, 2.24) is 15.0 Å². The number of phenolic OH excluding ortho intramolecular Hbond substituents is 1. The van der Waals surface area contributed by atoms with E-state index in [1.54, 1.807) is 11.9 Å². The van der Waals surface area contributed by atoms with E-state index in [1.807, 2.05) is 31.2 Å². The van der Waals surface area contributed by atoms with E-state index in [1.165, 1.54) is 31.4 Å². The number of halogens is 1. The molecule has 15 nitrogen and oxygen atoms in total. The zero-order valence-electron chi connectivity index (χ0n) is 24.1. The van der Waals surface area contributed by atoms with Gasteiger partial charge in [-0.05, 0) is 71.9 Å². The van der Waals surface area contributed by atoms with E-state index >= 15 is 0 Å². The highest BCUT2D eigenvalue weighted by molar-refractivity contribution is 7.86. The fourth-order valence-corrected chi connectivity index (χ4v) is 5.91. The minimum absolute atomic E-state index is 0.0635. The third-order valence-corrected chi connectivity index (χ3v) is 8.58. The number of aryl methyl sites for hydroxylation is 1. The largest absolute Gasteiger partial charge is 0.505 e. The van der Waals surface area contributed by atoms with Gasteiger partial charge >= 0.3 is 0 Å². The van der Waals surface area contributed by atoms with Crippen molar-refractivity contribution >= 4 is 77.3 Å². The number of nitrogens with one attached hydrogen (secondary N) is 1. The van der Waals surface area contributed by atoms with Crippen LogP contribution in [0.1, 0.15) is 5.56 Å². The zero-order chi connectivity index (χ0) is 33.4. The first-order chi connectivity index (χ1) is 21.7. The number of nitrogens with zero attached hydrogens (tertiary/aromatic N) is 6.